The van der Waals surface area contributed by atoms with Crippen molar-refractivity contribution in [3.05, 3.63) is 0 Å². The largest absolute Gasteiger partial charge is 0.464 e. The minimum Gasteiger partial charge on any atom is -0.464 e. The topological polar surface area (TPSA) is 79.9 Å². The number of ether oxygens (including phenoxy) is 2. The lowest BCUT2D eigenvalue weighted by Gasteiger charge is -2.39. The minimum absolute atomic E-state index is 0.0985. The first-order valence-corrected chi connectivity index (χ1v) is 15.1. The van der Waals surface area contributed by atoms with Crippen LogP contribution in [0.1, 0.15) is 26.2 Å². The Morgan fingerprint density at radius 1 is 0.966 bits per heavy atom. The molecule has 2 N–H and O–H groups in total. The molecule has 168 valence electrons. The highest BCUT2D eigenvalue weighted by molar-refractivity contribution is 8.77. The van der Waals surface area contributed by atoms with Crippen molar-refractivity contribution >= 4 is 55.1 Å². The first-order valence-electron chi connectivity index (χ1n) is 10.1. The monoisotopic (exact) mass is 483 g/mol. The number of nitrogens with one attached hydrogen (secondary N) is 2. The van der Waals surface area contributed by atoms with E-state index >= 15 is 0 Å². The normalized spacial score (nSPS) is 19.0. The number of hydrogen-bond acceptors (Lipinski definition) is 11. The van der Waals surface area contributed by atoms with Crippen LogP contribution >= 0.6 is 43.2 Å². The molecular formula is C18H33N3O4S4. The fourth-order valence-corrected chi connectivity index (χ4v) is 8.70. The van der Waals surface area contributed by atoms with Gasteiger partial charge >= 0.3 is 11.9 Å². The standard InChI is InChI=1S/C18H33N3O4S4/c1-3-4-17(22)24-7-14(8-25-18(23)5-6-20-13-19-2)21(15-9-26-27-10-15)16-11-28-29-12-16/h14-16,19-20H,3-13H2,1-2H3. The smallest absolute Gasteiger partial charge is 0.307 e. The van der Waals surface area contributed by atoms with E-state index in [1.54, 1.807) is 0 Å². The molecule has 0 spiro atoms. The van der Waals surface area contributed by atoms with Gasteiger partial charge in [-0.2, -0.15) is 0 Å². The Balaban J connectivity index is 1.97. The number of carbonyl (C=O) groups excluding carboxylic acids is 2. The molecule has 2 rings (SSSR count). The van der Waals surface area contributed by atoms with Gasteiger partial charge in [0.2, 0.25) is 0 Å². The maximum Gasteiger partial charge on any atom is 0.307 e. The number of nitrogens with zero attached hydrogens (tertiary/aromatic N) is 1. The molecule has 0 aromatic rings. The zero-order chi connectivity index (χ0) is 20.9. The zero-order valence-corrected chi connectivity index (χ0v) is 20.5. The average Bonchev–Trinajstić information content (AvgIpc) is 3.42. The molecule has 2 saturated heterocycles. The third-order valence-corrected chi connectivity index (χ3v) is 9.66. The van der Waals surface area contributed by atoms with Crippen molar-refractivity contribution in [2.24, 2.45) is 0 Å². The Kier molecular flexibility index (Phi) is 13.3. The van der Waals surface area contributed by atoms with Gasteiger partial charge in [-0.1, -0.05) is 50.1 Å². The van der Waals surface area contributed by atoms with Crippen LogP contribution in [-0.4, -0.2) is 91.5 Å². The summed E-state index contributed by atoms with van der Waals surface area (Å²) in [4.78, 5) is 26.6. The molecule has 2 aliphatic rings. The molecule has 0 aliphatic carbocycles. The fraction of sp³-hybridized carbons (Fsp3) is 0.889. The lowest BCUT2D eigenvalue weighted by molar-refractivity contribution is -0.151. The van der Waals surface area contributed by atoms with Gasteiger partial charge in [0.25, 0.3) is 0 Å². The van der Waals surface area contributed by atoms with Gasteiger partial charge in [0.1, 0.15) is 13.2 Å². The predicted octanol–water partition coefficient (Wildman–Crippen LogP) is 2.23. The van der Waals surface area contributed by atoms with E-state index in [1.807, 2.05) is 57.1 Å². The van der Waals surface area contributed by atoms with Gasteiger partial charge < -0.3 is 20.1 Å². The fourth-order valence-electron chi connectivity index (χ4n) is 3.19. The second-order valence-corrected chi connectivity index (χ2v) is 12.0. The summed E-state index contributed by atoms with van der Waals surface area (Å²) >= 11 is 0. The molecule has 0 bridgehead atoms. The van der Waals surface area contributed by atoms with Crippen LogP contribution in [0.3, 0.4) is 0 Å². The molecule has 1 atom stereocenters. The molecule has 0 radical (unpaired) electrons. The first kappa shape index (κ1) is 25.5. The number of hydrogen-bond donors (Lipinski definition) is 2. The van der Waals surface area contributed by atoms with E-state index < -0.39 is 0 Å². The summed E-state index contributed by atoms with van der Waals surface area (Å²) in [5.74, 6) is 3.82. The van der Waals surface area contributed by atoms with Gasteiger partial charge in [0.05, 0.1) is 12.5 Å². The highest BCUT2D eigenvalue weighted by Gasteiger charge is 2.38. The Hall–Kier alpha value is 0.220. The maximum atomic E-state index is 12.2. The lowest BCUT2D eigenvalue weighted by Crippen LogP contribution is -2.55. The molecule has 29 heavy (non-hydrogen) atoms. The molecule has 0 aromatic carbocycles. The van der Waals surface area contributed by atoms with Crippen LogP contribution in [0.25, 0.3) is 0 Å². The lowest BCUT2D eigenvalue weighted by atomic mass is 10.1. The van der Waals surface area contributed by atoms with Crippen LogP contribution in [0.15, 0.2) is 0 Å². The summed E-state index contributed by atoms with van der Waals surface area (Å²) in [7, 11) is 9.41. The van der Waals surface area contributed by atoms with E-state index in [2.05, 4.69) is 15.5 Å². The van der Waals surface area contributed by atoms with Gasteiger partial charge in [0, 0.05) is 54.7 Å². The van der Waals surface area contributed by atoms with Crippen molar-refractivity contribution in [2.45, 2.75) is 44.3 Å². The quantitative estimate of drug-likeness (QED) is 0.165. The Morgan fingerprint density at radius 3 is 1.97 bits per heavy atom. The van der Waals surface area contributed by atoms with Crippen LogP contribution in [0.4, 0.5) is 0 Å². The molecular weight excluding hydrogens is 450 g/mol. The molecule has 2 heterocycles. The van der Waals surface area contributed by atoms with Crippen molar-refractivity contribution in [1.82, 2.24) is 15.5 Å². The molecule has 0 aromatic heterocycles. The molecule has 0 saturated carbocycles. The second-order valence-electron chi connectivity index (χ2n) is 6.94. The Morgan fingerprint density at radius 2 is 1.48 bits per heavy atom. The summed E-state index contributed by atoms with van der Waals surface area (Å²) in [6, 6.07) is 0.735. The van der Waals surface area contributed by atoms with E-state index in [0.717, 1.165) is 29.4 Å². The van der Waals surface area contributed by atoms with Crippen molar-refractivity contribution in [1.29, 1.82) is 0 Å². The number of esters is 2. The Labute approximate surface area is 190 Å². The van der Waals surface area contributed by atoms with Gasteiger partial charge in [-0.15, -0.1) is 0 Å². The minimum atomic E-state index is -0.219. The van der Waals surface area contributed by atoms with Gasteiger partial charge in [0.15, 0.2) is 0 Å². The molecule has 11 heteroatoms. The van der Waals surface area contributed by atoms with Crippen LogP contribution < -0.4 is 10.6 Å². The predicted molar refractivity (Wildman–Crippen MR) is 126 cm³/mol. The van der Waals surface area contributed by atoms with Crippen LogP contribution in [0.5, 0.6) is 0 Å². The van der Waals surface area contributed by atoms with Crippen LogP contribution in [0, 0.1) is 0 Å². The average molecular weight is 484 g/mol. The summed E-state index contributed by atoms with van der Waals surface area (Å²) in [5.41, 5.74) is 0. The van der Waals surface area contributed by atoms with Gasteiger partial charge in [-0.3, -0.25) is 14.5 Å². The molecule has 7 nitrogen and oxygen atoms in total. The maximum absolute atomic E-state index is 12.2. The van der Waals surface area contributed by atoms with Gasteiger partial charge in [-0.05, 0) is 13.5 Å². The van der Waals surface area contributed by atoms with Crippen LogP contribution in [0.2, 0.25) is 0 Å². The van der Waals surface area contributed by atoms with Crippen molar-refractivity contribution in [3.63, 3.8) is 0 Å². The highest BCUT2D eigenvalue weighted by atomic mass is 33.1. The molecule has 0 amide bonds. The van der Waals surface area contributed by atoms with E-state index in [1.165, 1.54) is 0 Å². The molecule has 2 aliphatic heterocycles. The second kappa shape index (κ2) is 15.1. The third-order valence-electron chi connectivity index (χ3n) is 4.61. The molecule has 2 fully saturated rings. The highest BCUT2D eigenvalue weighted by Crippen LogP contribution is 2.39. The summed E-state index contributed by atoms with van der Waals surface area (Å²) in [6.07, 6.45) is 1.52. The van der Waals surface area contributed by atoms with Crippen molar-refractivity contribution in [3.8, 4) is 0 Å². The number of carbonyl (C=O) groups is 2. The summed E-state index contributed by atoms with van der Waals surface area (Å²) in [6.45, 7) is 3.75. The van der Waals surface area contributed by atoms with Gasteiger partial charge in [-0.25, -0.2) is 0 Å². The first-order chi connectivity index (χ1) is 14.2. The van der Waals surface area contributed by atoms with E-state index in [-0.39, 0.29) is 31.2 Å². The van der Waals surface area contributed by atoms with Crippen molar-refractivity contribution < 1.29 is 19.1 Å². The zero-order valence-electron chi connectivity index (χ0n) is 17.2. The van der Waals surface area contributed by atoms with E-state index in [0.29, 0.717) is 38.1 Å². The molecule has 1 unspecified atom stereocenters. The van der Waals surface area contributed by atoms with E-state index in [4.69, 9.17) is 9.47 Å². The third kappa shape index (κ3) is 9.49. The SMILES string of the molecule is CCCC(=O)OCC(COC(=O)CCNCNC)N(C1CSSC1)C1CSSC1. The van der Waals surface area contributed by atoms with Crippen molar-refractivity contribution in [2.75, 3.05) is 56.5 Å². The number of rotatable bonds is 14. The van der Waals surface area contributed by atoms with E-state index in [9.17, 15) is 9.59 Å². The van der Waals surface area contributed by atoms with Crippen LogP contribution in [-0.2, 0) is 19.1 Å². The summed E-state index contributed by atoms with van der Waals surface area (Å²) < 4.78 is 11.2. The summed E-state index contributed by atoms with van der Waals surface area (Å²) in [5, 5.41) is 6.10. The Bertz CT molecular complexity index is 476.